The standard InChI is InChI=1S/C29H24N6O3S/c1-37-21-9-11-22(12-10-21)38-15-5-14-34-18-20(23-7-2-3-8-25(23)34)16-24-26(30)35-29(32-27(24)36)39-28(33-35)19-6-4-13-31-17-19/h2-4,6-13,16-18,30H,5,14-15H2,1H3/b24-16-,30-26?. The molecule has 194 valence electrons. The summed E-state index contributed by atoms with van der Waals surface area (Å²) in [5, 5.41) is 16.7. The van der Waals surface area contributed by atoms with E-state index in [1.165, 1.54) is 16.8 Å². The second-order valence-electron chi connectivity index (χ2n) is 8.84. The van der Waals surface area contributed by atoms with E-state index in [4.69, 9.17) is 14.9 Å². The topological polar surface area (TPSA) is 105 Å². The maximum absolute atomic E-state index is 13.0. The van der Waals surface area contributed by atoms with Gasteiger partial charge in [0.15, 0.2) is 5.84 Å². The molecule has 2 aromatic carbocycles. The van der Waals surface area contributed by atoms with E-state index in [1.54, 1.807) is 25.6 Å². The normalized spacial score (nSPS) is 15.9. The van der Waals surface area contributed by atoms with Crippen LogP contribution >= 0.6 is 11.8 Å². The molecular weight excluding hydrogens is 512 g/mol. The number of ether oxygens (including phenoxy) is 2. The van der Waals surface area contributed by atoms with Crippen molar-refractivity contribution in [3.8, 4) is 11.5 Å². The molecule has 6 rings (SSSR count). The Bertz CT molecular complexity index is 1660. The summed E-state index contributed by atoms with van der Waals surface area (Å²) >= 11 is 1.26. The smallest absolute Gasteiger partial charge is 0.283 e. The summed E-state index contributed by atoms with van der Waals surface area (Å²) in [5.74, 6) is 1.13. The Morgan fingerprint density at radius 3 is 2.67 bits per heavy atom. The van der Waals surface area contributed by atoms with Crippen LogP contribution in [0, 0.1) is 5.41 Å². The summed E-state index contributed by atoms with van der Waals surface area (Å²) in [7, 11) is 1.64. The zero-order valence-corrected chi connectivity index (χ0v) is 21.9. The van der Waals surface area contributed by atoms with Gasteiger partial charge in [0, 0.05) is 47.2 Å². The van der Waals surface area contributed by atoms with Crippen LogP contribution in [0.4, 0.5) is 0 Å². The van der Waals surface area contributed by atoms with Crippen LogP contribution in [0.2, 0.25) is 0 Å². The van der Waals surface area contributed by atoms with Crippen LogP contribution < -0.4 is 9.47 Å². The molecule has 0 bridgehead atoms. The highest BCUT2D eigenvalue weighted by Crippen LogP contribution is 2.32. The zero-order chi connectivity index (χ0) is 26.8. The van der Waals surface area contributed by atoms with Crippen molar-refractivity contribution in [2.45, 2.75) is 13.0 Å². The number of hydrogen-bond donors (Lipinski definition) is 1. The van der Waals surface area contributed by atoms with E-state index in [2.05, 4.69) is 19.6 Å². The number of amidine groups is 2. The van der Waals surface area contributed by atoms with Crippen LogP contribution in [0.15, 0.2) is 94.9 Å². The largest absolute Gasteiger partial charge is 0.497 e. The highest BCUT2D eigenvalue weighted by atomic mass is 32.2. The van der Waals surface area contributed by atoms with Crippen molar-refractivity contribution in [2.24, 2.45) is 10.1 Å². The predicted molar refractivity (Wildman–Crippen MR) is 153 cm³/mol. The number of pyridine rings is 1. The minimum Gasteiger partial charge on any atom is -0.497 e. The fourth-order valence-electron chi connectivity index (χ4n) is 4.43. The first-order valence-electron chi connectivity index (χ1n) is 12.4. The van der Waals surface area contributed by atoms with E-state index in [0.29, 0.717) is 16.8 Å². The Kier molecular flexibility index (Phi) is 6.68. The van der Waals surface area contributed by atoms with Gasteiger partial charge in [-0.2, -0.15) is 15.1 Å². The number of nitrogens with one attached hydrogen (secondary N) is 1. The predicted octanol–water partition coefficient (Wildman–Crippen LogP) is 5.18. The van der Waals surface area contributed by atoms with Gasteiger partial charge in [-0.1, -0.05) is 18.2 Å². The van der Waals surface area contributed by atoms with Crippen molar-refractivity contribution in [1.82, 2.24) is 14.6 Å². The molecule has 0 atom stereocenters. The number of para-hydroxylation sites is 1. The molecule has 4 heterocycles. The van der Waals surface area contributed by atoms with Crippen molar-refractivity contribution >= 4 is 50.7 Å². The number of rotatable bonds is 8. The monoisotopic (exact) mass is 536 g/mol. The molecule has 4 aromatic rings. The fraction of sp³-hybridized carbons (Fsp3) is 0.138. The first-order chi connectivity index (χ1) is 19.1. The molecule has 2 aromatic heterocycles. The number of nitrogens with zero attached hydrogens (tertiary/aromatic N) is 5. The third-order valence-electron chi connectivity index (χ3n) is 6.35. The molecule has 1 amide bonds. The number of benzene rings is 2. The van der Waals surface area contributed by atoms with Gasteiger partial charge in [-0.15, -0.1) is 0 Å². The van der Waals surface area contributed by atoms with Crippen LogP contribution in [-0.4, -0.2) is 50.2 Å². The van der Waals surface area contributed by atoms with E-state index in [9.17, 15) is 4.79 Å². The Hall–Kier alpha value is -4.70. The molecule has 0 aliphatic carbocycles. The summed E-state index contributed by atoms with van der Waals surface area (Å²) < 4.78 is 13.2. The highest BCUT2D eigenvalue weighted by molar-refractivity contribution is 8.27. The lowest BCUT2D eigenvalue weighted by Gasteiger charge is -2.20. The number of hydrogen-bond acceptors (Lipinski definition) is 7. The summed E-state index contributed by atoms with van der Waals surface area (Å²) in [6, 6.07) is 19.3. The molecule has 1 N–H and O–H groups in total. The Morgan fingerprint density at radius 2 is 1.87 bits per heavy atom. The number of amides is 1. The van der Waals surface area contributed by atoms with Crippen LogP contribution in [0.25, 0.3) is 17.0 Å². The van der Waals surface area contributed by atoms with Crippen molar-refractivity contribution in [3.63, 3.8) is 0 Å². The number of carbonyl (C=O) groups excluding carboxylic acids is 1. The van der Waals surface area contributed by atoms with Gasteiger partial charge in [-0.05, 0) is 66.7 Å². The van der Waals surface area contributed by atoms with Gasteiger partial charge >= 0.3 is 0 Å². The molecule has 0 saturated heterocycles. The van der Waals surface area contributed by atoms with E-state index >= 15 is 0 Å². The first-order valence-corrected chi connectivity index (χ1v) is 13.2. The zero-order valence-electron chi connectivity index (χ0n) is 21.1. The van der Waals surface area contributed by atoms with Gasteiger partial charge in [-0.25, -0.2) is 0 Å². The average molecular weight is 537 g/mol. The molecule has 0 unspecified atom stereocenters. The summed E-state index contributed by atoms with van der Waals surface area (Å²) in [6.45, 7) is 1.29. The lowest BCUT2D eigenvalue weighted by Crippen LogP contribution is -2.35. The molecule has 0 fully saturated rings. The Balaban J connectivity index is 1.21. The van der Waals surface area contributed by atoms with Crippen LogP contribution in [0.3, 0.4) is 0 Å². The molecule has 9 nitrogen and oxygen atoms in total. The molecule has 0 saturated carbocycles. The Labute approximate surface area is 229 Å². The van der Waals surface area contributed by atoms with E-state index in [-0.39, 0.29) is 11.4 Å². The van der Waals surface area contributed by atoms with Crippen LogP contribution in [0.1, 0.15) is 17.5 Å². The molecule has 0 radical (unpaired) electrons. The van der Waals surface area contributed by atoms with Gasteiger partial charge in [0.1, 0.15) is 16.5 Å². The summed E-state index contributed by atoms with van der Waals surface area (Å²) in [5.41, 5.74) is 2.89. The van der Waals surface area contributed by atoms with Gasteiger partial charge < -0.3 is 14.0 Å². The number of fused-ring (bicyclic) bond motifs is 2. The van der Waals surface area contributed by atoms with Gasteiger partial charge in [0.2, 0.25) is 5.17 Å². The number of aromatic nitrogens is 2. The molecule has 2 aliphatic heterocycles. The molecule has 2 aliphatic rings. The number of methoxy groups -OCH3 is 1. The molecular formula is C29H24N6O3S. The third-order valence-corrected chi connectivity index (χ3v) is 7.31. The van der Waals surface area contributed by atoms with Crippen molar-refractivity contribution in [3.05, 3.63) is 96.0 Å². The number of aryl methyl sites for hydroxylation is 1. The quantitative estimate of drug-likeness (QED) is 0.246. The maximum atomic E-state index is 13.0. The van der Waals surface area contributed by atoms with Crippen LogP contribution in [-0.2, 0) is 11.3 Å². The second kappa shape index (κ2) is 10.6. The number of aliphatic imine (C=N–C) groups is 1. The fourth-order valence-corrected chi connectivity index (χ4v) is 5.31. The lowest BCUT2D eigenvalue weighted by atomic mass is 10.1. The van der Waals surface area contributed by atoms with E-state index < -0.39 is 5.91 Å². The average Bonchev–Trinajstić information content (AvgIpc) is 3.56. The molecule has 10 heteroatoms. The number of hydrazone groups is 1. The van der Waals surface area contributed by atoms with Gasteiger partial charge in [0.05, 0.1) is 19.3 Å². The minimum atomic E-state index is -0.453. The van der Waals surface area contributed by atoms with E-state index in [1.807, 2.05) is 66.9 Å². The Morgan fingerprint density at radius 1 is 1.05 bits per heavy atom. The summed E-state index contributed by atoms with van der Waals surface area (Å²) in [6.07, 6.45) is 7.92. The third kappa shape index (κ3) is 4.94. The summed E-state index contributed by atoms with van der Waals surface area (Å²) in [4.78, 5) is 21.4. The minimum absolute atomic E-state index is 0.00103. The SMILES string of the molecule is COc1ccc(OCCCn2cc(/C=C3/C(=N)N4N=C(c5cccnc5)SC4=NC3=O)c3ccccc32)cc1. The molecule has 0 spiro atoms. The van der Waals surface area contributed by atoms with Gasteiger partial charge in [0.25, 0.3) is 5.91 Å². The second-order valence-corrected chi connectivity index (χ2v) is 9.80. The highest BCUT2D eigenvalue weighted by Gasteiger charge is 2.36. The van der Waals surface area contributed by atoms with Crippen molar-refractivity contribution in [1.29, 1.82) is 5.41 Å². The van der Waals surface area contributed by atoms with Gasteiger partial charge in [-0.3, -0.25) is 15.2 Å². The first kappa shape index (κ1) is 24.6. The van der Waals surface area contributed by atoms with E-state index in [0.717, 1.165) is 46.5 Å². The van der Waals surface area contributed by atoms with Crippen molar-refractivity contribution < 1.29 is 14.3 Å². The van der Waals surface area contributed by atoms with Crippen molar-refractivity contribution in [2.75, 3.05) is 13.7 Å². The number of carbonyl (C=O) groups is 1. The lowest BCUT2D eigenvalue weighted by molar-refractivity contribution is -0.114. The molecule has 39 heavy (non-hydrogen) atoms. The maximum Gasteiger partial charge on any atom is 0.283 e. The number of thioether (sulfide) groups is 1. The van der Waals surface area contributed by atoms with Crippen LogP contribution in [0.5, 0.6) is 11.5 Å².